The van der Waals surface area contributed by atoms with Crippen molar-refractivity contribution in [1.29, 1.82) is 0 Å². The summed E-state index contributed by atoms with van der Waals surface area (Å²) in [4.78, 5) is 11.0. The third-order valence-electron chi connectivity index (χ3n) is 4.58. The molecule has 2 heterocycles. The highest BCUT2D eigenvalue weighted by atomic mass is 32.2. The average Bonchev–Trinajstić information content (AvgIpc) is 3.08. The van der Waals surface area contributed by atoms with Crippen LogP contribution in [0.5, 0.6) is 0 Å². The van der Waals surface area contributed by atoms with Crippen LogP contribution in [-0.4, -0.2) is 64.5 Å². The van der Waals surface area contributed by atoms with Crippen LogP contribution < -0.4 is 5.32 Å². The quantitative estimate of drug-likeness (QED) is 0.717. The molecule has 2 N–H and O–H groups in total. The van der Waals surface area contributed by atoms with Gasteiger partial charge in [-0.25, -0.2) is 21.9 Å². The smallest absolute Gasteiger partial charge is 0.273 e. The van der Waals surface area contributed by atoms with Gasteiger partial charge in [-0.2, -0.15) is 4.31 Å². The topological polar surface area (TPSA) is 117 Å². The normalized spacial score (nSPS) is 17.4. The Morgan fingerprint density at radius 2 is 1.86 bits per heavy atom. The molecular weight excluding hydrogens is 396 g/mol. The lowest BCUT2D eigenvalue weighted by Gasteiger charge is -2.37. The fourth-order valence-electron chi connectivity index (χ4n) is 3.04. The molecule has 1 saturated heterocycles. The lowest BCUT2D eigenvalue weighted by molar-refractivity contribution is -0.0224. The summed E-state index contributed by atoms with van der Waals surface area (Å²) in [5.74, 6) is -2.38. The maximum absolute atomic E-state index is 13.4. The van der Waals surface area contributed by atoms with Crippen LogP contribution in [0.15, 0.2) is 29.3 Å². The molecule has 0 aliphatic carbocycles. The van der Waals surface area contributed by atoms with Gasteiger partial charge in [-0.15, -0.1) is 5.10 Å². The second kappa shape index (κ2) is 7.53. The fraction of sp³-hybridized carbons (Fsp3) is 0.438. The van der Waals surface area contributed by atoms with Crippen molar-refractivity contribution in [2.24, 2.45) is 0 Å². The Balaban J connectivity index is 1.69. The number of carbonyl (C=O) groups excluding carboxylic acids is 1. The molecule has 1 amide bonds. The van der Waals surface area contributed by atoms with Gasteiger partial charge in [-0.3, -0.25) is 4.79 Å². The van der Waals surface area contributed by atoms with Gasteiger partial charge in [0.15, 0.2) is 5.69 Å². The number of amides is 1. The van der Waals surface area contributed by atoms with Crippen LogP contribution in [0.4, 0.5) is 8.78 Å². The van der Waals surface area contributed by atoms with E-state index in [1.165, 1.54) is 17.9 Å². The maximum Gasteiger partial charge on any atom is 0.273 e. The van der Waals surface area contributed by atoms with Gasteiger partial charge >= 0.3 is 0 Å². The lowest BCUT2D eigenvalue weighted by atomic mass is 9.92. The first-order valence-corrected chi connectivity index (χ1v) is 9.88. The van der Waals surface area contributed by atoms with Crippen molar-refractivity contribution < 1.29 is 27.1 Å². The number of rotatable bonds is 5. The van der Waals surface area contributed by atoms with E-state index in [9.17, 15) is 27.1 Å². The van der Waals surface area contributed by atoms with Crippen molar-refractivity contribution in [3.8, 4) is 0 Å². The standard InChI is InChI=1S/C16H19F2N5O4S/c1-19-15(24)14-9-22(21-20-14)10-16(25)2-4-23(5-3-16)28(26,27)13-7-11(17)6-12(18)8-13/h6-9,25H,2-5,10H2,1H3,(H,19,24). The number of aliphatic hydroxyl groups is 1. The van der Waals surface area contributed by atoms with Crippen molar-refractivity contribution in [3.63, 3.8) is 0 Å². The highest BCUT2D eigenvalue weighted by molar-refractivity contribution is 7.89. The highest BCUT2D eigenvalue weighted by Crippen LogP contribution is 2.28. The Morgan fingerprint density at radius 3 is 2.43 bits per heavy atom. The molecule has 28 heavy (non-hydrogen) atoms. The van der Waals surface area contributed by atoms with Gasteiger partial charge in [0.1, 0.15) is 11.6 Å². The monoisotopic (exact) mass is 415 g/mol. The van der Waals surface area contributed by atoms with Gasteiger partial charge in [0, 0.05) is 26.2 Å². The van der Waals surface area contributed by atoms with E-state index in [1.807, 2.05) is 0 Å². The van der Waals surface area contributed by atoms with Gasteiger partial charge in [0.25, 0.3) is 5.91 Å². The van der Waals surface area contributed by atoms with Crippen LogP contribution in [-0.2, 0) is 16.6 Å². The molecule has 1 aromatic heterocycles. The van der Waals surface area contributed by atoms with Crippen LogP contribution in [0.25, 0.3) is 0 Å². The van der Waals surface area contributed by atoms with E-state index < -0.39 is 38.1 Å². The van der Waals surface area contributed by atoms with Crippen LogP contribution in [0.2, 0.25) is 0 Å². The molecule has 1 fully saturated rings. The van der Waals surface area contributed by atoms with Gasteiger partial charge < -0.3 is 10.4 Å². The number of carbonyl (C=O) groups is 1. The fourth-order valence-corrected chi connectivity index (χ4v) is 4.52. The van der Waals surface area contributed by atoms with Crippen molar-refractivity contribution in [2.75, 3.05) is 20.1 Å². The summed E-state index contributed by atoms with van der Waals surface area (Å²) >= 11 is 0. The minimum atomic E-state index is -4.09. The third-order valence-corrected chi connectivity index (χ3v) is 6.46. The molecule has 3 rings (SSSR count). The molecule has 0 saturated carbocycles. The Hall–Kier alpha value is -2.44. The molecule has 0 spiro atoms. The van der Waals surface area contributed by atoms with E-state index in [2.05, 4.69) is 15.6 Å². The zero-order valence-electron chi connectivity index (χ0n) is 15.0. The number of sulfonamides is 1. The average molecular weight is 415 g/mol. The summed E-state index contributed by atoms with van der Waals surface area (Å²) in [7, 11) is -2.63. The Labute approximate surface area is 160 Å². The predicted molar refractivity (Wildman–Crippen MR) is 92.7 cm³/mol. The van der Waals surface area contributed by atoms with Crippen LogP contribution in [0, 0.1) is 11.6 Å². The molecule has 0 bridgehead atoms. The Bertz CT molecular complexity index is 966. The Kier molecular flexibility index (Phi) is 5.46. The zero-order chi connectivity index (χ0) is 20.5. The molecule has 0 unspecified atom stereocenters. The lowest BCUT2D eigenvalue weighted by Crippen LogP contribution is -2.48. The van der Waals surface area contributed by atoms with Crippen molar-refractivity contribution in [2.45, 2.75) is 29.9 Å². The number of nitrogens with zero attached hydrogens (tertiary/aromatic N) is 4. The van der Waals surface area contributed by atoms with E-state index in [0.29, 0.717) is 6.07 Å². The summed E-state index contributed by atoms with van der Waals surface area (Å²) in [5, 5.41) is 20.6. The molecule has 1 aliphatic heterocycles. The second-order valence-electron chi connectivity index (χ2n) is 6.61. The SMILES string of the molecule is CNC(=O)c1cn(CC2(O)CCN(S(=O)(=O)c3cc(F)cc(F)c3)CC2)nn1. The van der Waals surface area contributed by atoms with Crippen molar-refractivity contribution in [1.82, 2.24) is 24.6 Å². The summed E-state index contributed by atoms with van der Waals surface area (Å²) in [5.41, 5.74) is -1.16. The molecule has 12 heteroatoms. The largest absolute Gasteiger partial charge is 0.388 e. The highest BCUT2D eigenvalue weighted by Gasteiger charge is 2.38. The minimum absolute atomic E-state index is 0.0273. The second-order valence-corrected chi connectivity index (χ2v) is 8.55. The summed E-state index contributed by atoms with van der Waals surface area (Å²) in [6, 6.07) is 2.11. The first-order valence-electron chi connectivity index (χ1n) is 8.44. The summed E-state index contributed by atoms with van der Waals surface area (Å²) < 4.78 is 54.4. The number of hydrogen-bond acceptors (Lipinski definition) is 6. The van der Waals surface area contributed by atoms with Crippen LogP contribution in [0.3, 0.4) is 0 Å². The summed E-state index contributed by atoms with van der Waals surface area (Å²) in [6.07, 6.45) is 1.55. The third kappa shape index (κ3) is 4.18. The number of benzene rings is 1. The molecule has 152 valence electrons. The Morgan fingerprint density at radius 1 is 1.25 bits per heavy atom. The van der Waals surface area contributed by atoms with Gasteiger partial charge in [0.2, 0.25) is 10.0 Å². The van der Waals surface area contributed by atoms with Gasteiger partial charge in [-0.05, 0) is 25.0 Å². The van der Waals surface area contributed by atoms with Gasteiger partial charge in [0.05, 0.1) is 23.2 Å². The van der Waals surface area contributed by atoms with Crippen LogP contribution >= 0.6 is 0 Å². The molecular formula is C16H19F2N5O4S. The minimum Gasteiger partial charge on any atom is -0.388 e. The van der Waals surface area contributed by atoms with E-state index in [1.54, 1.807) is 0 Å². The summed E-state index contributed by atoms with van der Waals surface area (Å²) in [6.45, 7) is -0.0403. The number of aromatic nitrogens is 3. The van der Waals surface area contributed by atoms with Crippen molar-refractivity contribution >= 4 is 15.9 Å². The molecule has 1 aliphatic rings. The zero-order valence-corrected chi connectivity index (χ0v) is 15.8. The number of piperidine rings is 1. The predicted octanol–water partition coefficient (Wildman–Crippen LogP) is 0.132. The first kappa shape index (κ1) is 20.3. The van der Waals surface area contributed by atoms with Crippen LogP contribution in [0.1, 0.15) is 23.3 Å². The number of halogens is 2. The molecule has 2 aromatic rings. The molecule has 1 aromatic carbocycles. The van der Waals surface area contributed by atoms with Crippen molar-refractivity contribution in [3.05, 3.63) is 41.7 Å². The molecule has 9 nitrogen and oxygen atoms in total. The molecule has 0 atom stereocenters. The van der Waals surface area contributed by atoms with E-state index >= 15 is 0 Å². The number of nitrogens with one attached hydrogen (secondary N) is 1. The first-order chi connectivity index (χ1) is 13.1. The van der Waals surface area contributed by atoms with E-state index in [4.69, 9.17) is 0 Å². The van der Waals surface area contributed by atoms with E-state index in [-0.39, 0.29) is 38.2 Å². The maximum atomic E-state index is 13.4. The molecule has 0 radical (unpaired) electrons. The van der Waals surface area contributed by atoms with Gasteiger partial charge in [-0.1, -0.05) is 5.21 Å². The van der Waals surface area contributed by atoms with E-state index in [0.717, 1.165) is 16.4 Å². The number of hydrogen-bond donors (Lipinski definition) is 2.